The van der Waals surface area contributed by atoms with E-state index in [0.29, 0.717) is 5.69 Å². The summed E-state index contributed by atoms with van der Waals surface area (Å²) in [5.74, 6) is -3.15. The number of imidazole rings is 3. The summed E-state index contributed by atoms with van der Waals surface area (Å²) in [5, 5.41) is 29.9. The van der Waals surface area contributed by atoms with Crippen LogP contribution < -0.4 is 40.0 Å². The molecule has 0 bridgehead atoms. The van der Waals surface area contributed by atoms with E-state index < -0.39 is 40.8 Å². The topological polar surface area (TPSA) is 419 Å². The number of aromatic carboxylic acids is 1. The number of carboxylic acid groups (broad SMARTS) is 1. The van der Waals surface area contributed by atoms with Gasteiger partial charge in [0.2, 0.25) is 0 Å². The Morgan fingerprint density at radius 2 is 0.849 bits per heavy atom. The van der Waals surface area contributed by atoms with E-state index in [1.54, 1.807) is 12.1 Å². The van der Waals surface area contributed by atoms with Crippen molar-refractivity contribution in [1.29, 1.82) is 0 Å². The normalized spacial score (nSPS) is 10.2. The zero-order valence-electron chi connectivity index (χ0n) is 27.4. The molecule has 0 saturated heterocycles. The highest BCUT2D eigenvalue weighted by atomic mass is 16.4. The van der Waals surface area contributed by atoms with Crippen LogP contribution in [0.15, 0.2) is 57.6 Å². The smallest absolute Gasteiger partial charge is 0.352 e. The summed E-state index contributed by atoms with van der Waals surface area (Å²) in [6, 6.07) is 6.06. The second-order valence-corrected chi connectivity index (χ2v) is 9.87. The van der Waals surface area contributed by atoms with Gasteiger partial charge in [-0.15, -0.1) is 15.3 Å². The van der Waals surface area contributed by atoms with Gasteiger partial charge < -0.3 is 33.5 Å². The van der Waals surface area contributed by atoms with Crippen molar-refractivity contribution in [2.24, 2.45) is 38.3 Å². The number of hydrogen-bond acceptors (Lipinski definition) is 17. The SMILES string of the molecule is Cn1nnc2c(C(N)=O)ncn2c1=O.Cn1nnc2c(C(N)=O)ncn2c1=O.Cn1nnc2c(C(N)=O)ncn2c1=O.Nc1ccc(C(=O)O)cc1.O. The first-order chi connectivity index (χ1) is 24.5. The molecule has 7 aromatic rings. The zero-order chi connectivity index (χ0) is 38.4. The van der Waals surface area contributed by atoms with E-state index in [1.165, 1.54) is 52.3 Å². The molecule has 1 aromatic carbocycles. The predicted octanol–water partition coefficient (Wildman–Crippen LogP) is -6.09. The van der Waals surface area contributed by atoms with Gasteiger partial charge in [-0.2, -0.15) is 14.0 Å². The van der Waals surface area contributed by atoms with Crippen LogP contribution in [0, 0.1) is 0 Å². The average molecular weight is 738 g/mol. The molecule has 28 nitrogen and oxygen atoms in total. The fourth-order valence-electron chi connectivity index (χ4n) is 3.79. The molecule has 0 saturated carbocycles. The van der Waals surface area contributed by atoms with Crippen LogP contribution in [0.5, 0.6) is 0 Å². The van der Waals surface area contributed by atoms with E-state index in [9.17, 15) is 33.6 Å². The molecule has 0 aliphatic carbocycles. The lowest BCUT2D eigenvalue weighted by Gasteiger charge is -1.95. The lowest BCUT2D eigenvalue weighted by Crippen LogP contribution is -2.27. The molecular weight excluding hydrogens is 710 g/mol. The van der Waals surface area contributed by atoms with Crippen molar-refractivity contribution in [2.45, 2.75) is 0 Å². The lowest BCUT2D eigenvalue weighted by atomic mass is 10.2. The first-order valence-electron chi connectivity index (χ1n) is 13.8. The highest BCUT2D eigenvalue weighted by Crippen LogP contribution is 2.05. The summed E-state index contributed by atoms with van der Waals surface area (Å²) in [6.07, 6.45) is 3.56. The number of amides is 3. The lowest BCUT2D eigenvalue weighted by molar-refractivity contribution is 0.0696. The third-order valence-corrected chi connectivity index (χ3v) is 6.35. The number of aromatic nitrogens is 15. The van der Waals surface area contributed by atoms with Crippen LogP contribution >= 0.6 is 0 Å². The number of fused-ring (bicyclic) bond motifs is 3. The number of benzene rings is 1. The molecule has 0 aliphatic heterocycles. The van der Waals surface area contributed by atoms with Crippen molar-refractivity contribution in [3.05, 3.63) is 97.3 Å². The van der Waals surface area contributed by atoms with Gasteiger partial charge in [-0.25, -0.2) is 47.3 Å². The molecule has 0 atom stereocenters. The molecule has 3 amide bonds. The number of carboxylic acids is 1. The molecule has 0 radical (unpaired) electrons. The Balaban J connectivity index is 0.000000191. The Kier molecular flexibility index (Phi) is 11.8. The van der Waals surface area contributed by atoms with Crippen molar-refractivity contribution >= 4 is 46.3 Å². The van der Waals surface area contributed by atoms with Gasteiger partial charge in [-0.05, 0) is 24.3 Å². The average Bonchev–Trinajstić information content (AvgIpc) is 3.85. The maximum Gasteiger partial charge on any atom is 0.352 e. The summed E-state index contributed by atoms with van der Waals surface area (Å²) in [6.45, 7) is 0. The van der Waals surface area contributed by atoms with Crippen molar-refractivity contribution in [3.63, 3.8) is 0 Å². The third kappa shape index (κ3) is 8.30. The Labute approximate surface area is 290 Å². The maximum absolute atomic E-state index is 11.4. The molecule has 7 rings (SSSR count). The van der Waals surface area contributed by atoms with Crippen LogP contribution in [0.1, 0.15) is 41.8 Å². The minimum atomic E-state index is -0.931. The molecule has 53 heavy (non-hydrogen) atoms. The van der Waals surface area contributed by atoms with E-state index in [2.05, 4.69) is 45.9 Å². The molecule has 0 fully saturated rings. The second kappa shape index (κ2) is 15.9. The highest BCUT2D eigenvalue weighted by molar-refractivity contribution is 5.97. The van der Waals surface area contributed by atoms with E-state index in [1.807, 2.05) is 0 Å². The summed E-state index contributed by atoms with van der Waals surface area (Å²) in [4.78, 5) is 88.0. The van der Waals surface area contributed by atoms with E-state index in [-0.39, 0.29) is 45.1 Å². The minimum Gasteiger partial charge on any atom is -0.478 e. The molecule has 6 aromatic heterocycles. The summed E-state index contributed by atoms with van der Waals surface area (Å²) in [5.41, 5.74) is 20.0. The number of hydrogen-bond donors (Lipinski definition) is 5. The molecule has 6 heterocycles. The first kappa shape index (κ1) is 39.1. The maximum atomic E-state index is 11.4. The molecule has 0 aliphatic rings. The van der Waals surface area contributed by atoms with E-state index >= 15 is 0 Å². The predicted molar refractivity (Wildman–Crippen MR) is 175 cm³/mol. The number of primary amides is 3. The molecule has 0 spiro atoms. The quantitative estimate of drug-likeness (QED) is 0.105. The Morgan fingerprint density at radius 1 is 0.566 bits per heavy atom. The van der Waals surface area contributed by atoms with Gasteiger partial charge in [0, 0.05) is 26.8 Å². The summed E-state index contributed by atoms with van der Waals surface area (Å²) < 4.78 is 6.39. The largest absolute Gasteiger partial charge is 0.478 e. The standard InChI is InChI=1S/C7H7NO2.3C6H6N6O2.H2O/c8-6-3-1-5(2-4-6)7(9)10;3*1-11-6(14)12-2-8-3(4(7)13)5(12)9-10-11;/h1-4H,8H2,(H,9,10);3*2H,1H3,(H2,7,13);1H2. The Bertz CT molecular complexity index is 2420. The van der Waals surface area contributed by atoms with Crippen LogP contribution in [0.3, 0.4) is 0 Å². The fraction of sp³-hybridized carbons (Fsp3) is 0.120. The van der Waals surface area contributed by atoms with E-state index in [4.69, 9.17) is 28.0 Å². The second-order valence-electron chi connectivity index (χ2n) is 9.87. The third-order valence-electron chi connectivity index (χ3n) is 6.35. The first-order valence-corrected chi connectivity index (χ1v) is 13.8. The number of rotatable bonds is 4. The van der Waals surface area contributed by atoms with Gasteiger partial charge in [-0.1, -0.05) is 15.6 Å². The van der Waals surface area contributed by atoms with Crippen molar-refractivity contribution < 1.29 is 29.8 Å². The van der Waals surface area contributed by atoms with Crippen LogP contribution in [-0.4, -0.2) is 107 Å². The number of aryl methyl sites for hydroxylation is 3. The van der Waals surface area contributed by atoms with Crippen molar-refractivity contribution in [1.82, 2.24) is 73.1 Å². The van der Waals surface area contributed by atoms with Gasteiger partial charge in [0.25, 0.3) is 17.7 Å². The van der Waals surface area contributed by atoms with Crippen LogP contribution in [0.25, 0.3) is 16.9 Å². The van der Waals surface area contributed by atoms with Gasteiger partial charge in [0.15, 0.2) is 34.0 Å². The van der Waals surface area contributed by atoms with Crippen LogP contribution in [-0.2, 0) is 21.1 Å². The number of nitrogen functional groups attached to an aromatic ring is 1. The molecule has 11 N–H and O–H groups in total. The van der Waals surface area contributed by atoms with Gasteiger partial charge in [-0.3, -0.25) is 14.4 Å². The summed E-state index contributed by atoms with van der Waals surface area (Å²) in [7, 11) is 4.33. The summed E-state index contributed by atoms with van der Waals surface area (Å²) >= 11 is 0. The van der Waals surface area contributed by atoms with Gasteiger partial charge in [0.05, 0.1) is 5.56 Å². The zero-order valence-corrected chi connectivity index (χ0v) is 27.4. The van der Waals surface area contributed by atoms with Crippen molar-refractivity contribution in [3.8, 4) is 0 Å². The molecular formula is C25H27N19O9. The van der Waals surface area contributed by atoms with Gasteiger partial charge in [0.1, 0.15) is 19.0 Å². The minimum absolute atomic E-state index is 0. The monoisotopic (exact) mass is 737 g/mol. The molecule has 276 valence electrons. The Hall–Kier alpha value is -8.30. The molecule has 28 heteroatoms. The molecule has 0 unspecified atom stereocenters. The van der Waals surface area contributed by atoms with Crippen LogP contribution in [0.2, 0.25) is 0 Å². The Morgan fingerprint density at radius 3 is 1.09 bits per heavy atom. The highest BCUT2D eigenvalue weighted by Gasteiger charge is 2.16. The number of carbonyl (C=O) groups excluding carboxylic acids is 3. The van der Waals surface area contributed by atoms with Crippen LogP contribution in [0.4, 0.5) is 5.69 Å². The number of anilines is 1. The number of nitrogens with zero attached hydrogens (tertiary/aromatic N) is 15. The number of nitrogens with two attached hydrogens (primary N) is 4. The fourth-order valence-corrected chi connectivity index (χ4v) is 3.79. The number of carbonyl (C=O) groups is 4. The van der Waals surface area contributed by atoms with Crippen molar-refractivity contribution in [2.75, 3.05) is 5.73 Å². The van der Waals surface area contributed by atoms with Gasteiger partial charge >= 0.3 is 23.0 Å². The van der Waals surface area contributed by atoms with E-state index in [0.717, 1.165) is 27.2 Å².